The smallest absolute Gasteiger partial charge is 0.308 e. The number of fused-ring (bicyclic) bond motifs is 4. The minimum atomic E-state index is -0.321. The zero-order chi connectivity index (χ0) is 35.5. The number of hydrogen-bond donors (Lipinski definition) is 0. The van der Waals surface area contributed by atoms with Gasteiger partial charge in [0.05, 0.1) is 38.3 Å². The summed E-state index contributed by atoms with van der Waals surface area (Å²) in [6.45, 7) is 4.54. The first kappa shape index (κ1) is 36.0. The molecule has 0 radical (unpaired) electrons. The summed E-state index contributed by atoms with van der Waals surface area (Å²) in [7, 11) is 4.62. The first-order valence-corrected chi connectivity index (χ1v) is 18.5. The molecule has 0 N–H and O–H groups in total. The van der Waals surface area contributed by atoms with Crippen LogP contribution >= 0.6 is 0 Å². The molecule has 4 atom stereocenters. The van der Waals surface area contributed by atoms with Crippen molar-refractivity contribution in [1.82, 2.24) is 0 Å². The van der Waals surface area contributed by atoms with E-state index in [1.807, 2.05) is 36.4 Å². The third-order valence-electron chi connectivity index (χ3n) is 12.1. The summed E-state index contributed by atoms with van der Waals surface area (Å²) >= 11 is 0. The Kier molecular flexibility index (Phi) is 11.0. The largest absolute Gasteiger partial charge is 0.462 e. The molecule has 10 heteroatoms. The lowest BCUT2D eigenvalue weighted by Gasteiger charge is -2.47. The third-order valence-corrected chi connectivity index (χ3v) is 12.1. The quantitative estimate of drug-likeness (QED) is 0.107. The summed E-state index contributed by atoms with van der Waals surface area (Å²) in [6, 6.07) is 17.3. The summed E-state index contributed by atoms with van der Waals surface area (Å²) in [5.41, 5.74) is 2.29. The summed E-state index contributed by atoms with van der Waals surface area (Å²) in [6.07, 6.45) is 9.63. The van der Waals surface area contributed by atoms with Gasteiger partial charge >= 0.3 is 23.9 Å². The van der Waals surface area contributed by atoms with E-state index in [1.54, 1.807) is 0 Å². The van der Waals surface area contributed by atoms with Crippen LogP contribution in [0, 0.1) is 0 Å². The summed E-state index contributed by atoms with van der Waals surface area (Å²) in [5, 5.41) is 0. The van der Waals surface area contributed by atoms with Gasteiger partial charge in [-0.3, -0.25) is 19.2 Å². The number of ether oxygens (including phenoxy) is 4. The second kappa shape index (κ2) is 15.2. The molecule has 4 unspecified atom stereocenters. The number of esters is 4. The van der Waals surface area contributed by atoms with Gasteiger partial charge in [-0.05, 0) is 37.1 Å². The van der Waals surface area contributed by atoms with Crippen LogP contribution in [0.4, 0.5) is 0 Å². The van der Waals surface area contributed by atoms with Gasteiger partial charge < -0.3 is 27.9 Å². The van der Waals surface area contributed by atoms with Crippen LogP contribution in [-0.2, 0) is 41.7 Å². The second-order valence-corrected chi connectivity index (χ2v) is 15.6. The van der Waals surface area contributed by atoms with Crippen LogP contribution in [0.1, 0.15) is 102 Å². The number of quaternary nitrogens is 2. The number of piperidine rings is 2. The zero-order valence-corrected chi connectivity index (χ0v) is 30.1. The summed E-state index contributed by atoms with van der Waals surface area (Å²) in [5.74, 6) is 0.164. The molecule has 6 rings (SSSR count). The fourth-order valence-corrected chi connectivity index (χ4v) is 9.66. The molecule has 2 aromatic rings. The highest BCUT2D eigenvalue weighted by Gasteiger charge is 2.53. The van der Waals surface area contributed by atoms with Gasteiger partial charge in [0.25, 0.3) is 0 Å². The van der Waals surface area contributed by atoms with E-state index >= 15 is 0 Å². The number of rotatable bonds is 13. The van der Waals surface area contributed by atoms with Crippen molar-refractivity contribution in [3.8, 4) is 11.5 Å². The van der Waals surface area contributed by atoms with Crippen molar-refractivity contribution in [3.05, 3.63) is 59.7 Å². The number of unbranched alkanes of at least 4 members (excludes halogenated alkanes) is 1. The van der Waals surface area contributed by atoms with Gasteiger partial charge in [-0.1, -0.05) is 24.3 Å². The molecular weight excluding hydrogens is 636 g/mol. The number of carbonyl (C=O) groups is 4. The molecule has 2 aromatic carbocycles. The molecule has 0 aromatic heterocycles. The Morgan fingerprint density at radius 1 is 0.600 bits per heavy atom. The maximum absolute atomic E-state index is 12.8. The van der Waals surface area contributed by atoms with Gasteiger partial charge in [0.2, 0.25) is 0 Å². The van der Waals surface area contributed by atoms with Gasteiger partial charge in [0.1, 0.15) is 36.8 Å². The molecule has 4 saturated heterocycles. The minimum Gasteiger partial charge on any atom is -0.462 e. The fourth-order valence-electron chi connectivity index (χ4n) is 9.66. The van der Waals surface area contributed by atoms with Crippen molar-refractivity contribution in [1.29, 1.82) is 0 Å². The van der Waals surface area contributed by atoms with Crippen LogP contribution in [0.15, 0.2) is 48.5 Å². The second-order valence-electron chi connectivity index (χ2n) is 15.6. The first-order valence-electron chi connectivity index (χ1n) is 18.5. The molecular formula is C40H54N2O8+2. The molecule has 0 saturated carbocycles. The molecule has 0 amide bonds. The third kappa shape index (κ3) is 8.40. The predicted molar refractivity (Wildman–Crippen MR) is 186 cm³/mol. The van der Waals surface area contributed by atoms with Crippen LogP contribution in [0.2, 0.25) is 0 Å². The van der Waals surface area contributed by atoms with Crippen molar-refractivity contribution in [3.63, 3.8) is 0 Å². The molecule has 270 valence electrons. The van der Waals surface area contributed by atoms with Gasteiger partial charge in [0, 0.05) is 89.2 Å². The van der Waals surface area contributed by atoms with E-state index in [4.69, 9.17) is 18.9 Å². The number of carbonyl (C=O) groups excluding carboxylic acids is 4. The lowest BCUT2D eigenvalue weighted by atomic mass is 9.95. The lowest BCUT2D eigenvalue weighted by molar-refractivity contribution is -0.961. The Hall–Kier alpha value is -3.76. The Balaban J connectivity index is 0.896. The van der Waals surface area contributed by atoms with E-state index in [0.717, 1.165) is 84.5 Å². The average Bonchev–Trinajstić information content (AvgIpc) is 3.27. The number of hydrogen-bond acceptors (Lipinski definition) is 8. The molecule has 4 fully saturated rings. The monoisotopic (exact) mass is 690 g/mol. The minimum absolute atomic E-state index is 0.0629. The Bertz CT molecular complexity index is 1430. The van der Waals surface area contributed by atoms with Gasteiger partial charge in [0.15, 0.2) is 0 Å². The molecule has 0 spiro atoms. The highest BCUT2D eigenvalue weighted by molar-refractivity contribution is 5.71. The highest BCUT2D eigenvalue weighted by atomic mass is 16.6. The first-order chi connectivity index (χ1) is 23.9. The van der Waals surface area contributed by atoms with Crippen LogP contribution in [0.5, 0.6) is 11.5 Å². The van der Waals surface area contributed by atoms with Crippen molar-refractivity contribution >= 4 is 23.9 Å². The summed E-state index contributed by atoms with van der Waals surface area (Å²) < 4.78 is 24.4. The normalized spacial score (nSPS) is 31.1. The fraction of sp³-hybridized carbons (Fsp3) is 0.600. The maximum atomic E-state index is 12.8. The lowest BCUT2D eigenvalue weighted by Crippen LogP contribution is -2.58. The van der Waals surface area contributed by atoms with E-state index in [2.05, 4.69) is 26.2 Å². The van der Waals surface area contributed by atoms with E-state index in [1.165, 1.54) is 13.8 Å². The Morgan fingerprint density at radius 3 is 1.30 bits per heavy atom. The van der Waals surface area contributed by atoms with Crippen molar-refractivity contribution < 1.29 is 47.1 Å². The average molecular weight is 691 g/mol. The van der Waals surface area contributed by atoms with Crippen LogP contribution < -0.4 is 9.47 Å². The SMILES string of the molecule is CC(=O)Oc1cccc(C[N+]2(C)C3CCC2CC(OC(=O)CCCCC(=O)OC2CC4CCC(C2)[N+]4(C)Cc2cccc(OC(C)=O)c2)C3)c1. The van der Waals surface area contributed by atoms with Crippen LogP contribution in [-0.4, -0.2) is 83.3 Å². The molecule has 50 heavy (non-hydrogen) atoms. The van der Waals surface area contributed by atoms with Gasteiger partial charge in [-0.2, -0.15) is 0 Å². The highest BCUT2D eigenvalue weighted by Crippen LogP contribution is 2.45. The maximum Gasteiger partial charge on any atom is 0.308 e. The van der Waals surface area contributed by atoms with E-state index in [-0.39, 0.29) is 36.1 Å². The van der Waals surface area contributed by atoms with Crippen molar-refractivity contribution in [2.75, 3.05) is 14.1 Å². The zero-order valence-electron chi connectivity index (χ0n) is 30.1. The van der Waals surface area contributed by atoms with Crippen molar-refractivity contribution in [2.24, 2.45) is 0 Å². The number of benzene rings is 2. The topological polar surface area (TPSA) is 105 Å². The number of nitrogens with zero attached hydrogens (tertiary/aromatic N) is 2. The molecule has 4 aliphatic heterocycles. The van der Waals surface area contributed by atoms with Crippen LogP contribution in [0.25, 0.3) is 0 Å². The molecule has 4 heterocycles. The molecule has 4 bridgehead atoms. The molecule has 10 nitrogen and oxygen atoms in total. The standard InChI is InChI=1S/C40H54N2O8/c1-27(43)47-35-11-7-9-29(19-35)25-41(3)31-15-16-32(41)22-37(21-31)49-39(45)13-5-6-14-40(46)50-38-23-33-17-18-34(24-38)42(33,4)26-30-10-8-12-36(20-30)48-28(2)44/h7-12,19-20,31-34,37-38H,5-6,13-18,21-26H2,1-4H3/q+2. The Labute approximate surface area is 296 Å². The summed E-state index contributed by atoms with van der Waals surface area (Å²) in [4.78, 5) is 48.5. The van der Waals surface area contributed by atoms with Gasteiger partial charge in [-0.25, -0.2) is 0 Å². The molecule has 4 aliphatic rings. The van der Waals surface area contributed by atoms with E-state index in [0.29, 0.717) is 61.3 Å². The van der Waals surface area contributed by atoms with Crippen molar-refractivity contribution in [2.45, 2.75) is 140 Å². The predicted octanol–water partition coefficient (Wildman–Crippen LogP) is 6.16. The molecule has 0 aliphatic carbocycles. The van der Waals surface area contributed by atoms with E-state index in [9.17, 15) is 19.2 Å². The van der Waals surface area contributed by atoms with E-state index < -0.39 is 0 Å². The van der Waals surface area contributed by atoms with Crippen LogP contribution in [0.3, 0.4) is 0 Å². The van der Waals surface area contributed by atoms with Gasteiger partial charge in [-0.15, -0.1) is 0 Å². The Morgan fingerprint density at radius 2 is 0.960 bits per heavy atom.